The van der Waals surface area contributed by atoms with Gasteiger partial charge in [-0.15, -0.1) is 0 Å². The van der Waals surface area contributed by atoms with E-state index in [0.29, 0.717) is 11.5 Å². The number of rotatable bonds is 2. The molecule has 0 bridgehead atoms. The molecular formula is C14H24N2S. The molecule has 1 aliphatic heterocycles. The molecule has 2 fully saturated rings. The standard InChI is InChI=1S/C14H24N2S/c1-14(2)7-3-4-11(8-14)16-13-15-9-12(17-13)10-5-6-10/h10-12H,3-9H2,1-2H3,(H,15,16). The van der Waals surface area contributed by atoms with Crippen LogP contribution in [0, 0.1) is 11.3 Å². The summed E-state index contributed by atoms with van der Waals surface area (Å²) in [7, 11) is 0. The fraction of sp³-hybridized carbons (Fsp3) is 0.929. The lowest BCUT2D eigenvalue weighted by molar-refractivity contribution is 0.211. The largest absolute Gasteiger partial charge is 0.362 e. The summed E-state index contributed by atoms with van der Waals surface area (Å²) in [6, 6.07) is 0.669. The Morgan fingerprint density at radius 1 is 1.29 bits per heavy atom. The van der Waals surface area contributed by atoms with Crippen molar-refractivity contribution in [2.45, 2.75) is 63.7 Å². The molecule has 1 heterocycles. The number of aliphatic imine (C=N–C) groups is 1. The molecular weight excluding hydrogens is 228 g/mol. The summed E-state index contributed by atoms with van der Waals surface area (Å²) >= 11 is 2.01. The zero-order valence-corrected chi connectivity index (χ0v) is 11.9. The maximum Gasteiger partial charge on any atom is 0.157 e. The van der Waals surface area contributed by atoms with E-state index in [4.69, 9.17) is 0 Å². The lowest BCUT2D eigenvalue weighted by atomic mass is 9.75. The van der Waals surface area contributed by atoms with Gasteiger partial charge in [0.2, 0.25) is 0 Å². The highest BCUT2D eigenvalue weighted by Gasteiger charge is 2.36. The fourth-order valence-electron chi connectivity index (χ4n) is 3.18. The Balaban J connectivity index is 1.50. The van der Waals surface area contributed by atoms with E-state index in [0.717, 1.165) is 17.7 Å². The lowest BCUT2D eigenvalue weighted by Gasteiger charge is -2.35. The summed E-state index contributed by atoms with van der Waals surface area (Å²) in [6.45, 7) is 5.86. The lowest BCUT2D eigenvalue weighted by Crippen LogP contribution is -2.39. The van der Waals surface area contributed by atoms with E-state index >= 15 is 0 Å². The van der Waals surface area contributed by atoms with Gasteiger partial charge in [0.05, 0.1) is 6.54 Å². The molecule has 3 rings (SSSR count). The van der Waals surface area contributed by atoms with Gasteiger partial charge in [0.15, 0.2) is 5.17 Å². The molecule has 1 N–H and O–H groups in total. The van der Waals surface area contributed by atoms with E-state index in [1.165, 1.54) is 43.7 Å². The molecule has 2 saturated carbocycles. The van der Waals surface area contributed by atoms with Crippen molar-refractivity contribution in [2.24, 2.45) is 16.3 Å². The van der Waals surface area contributed by atoms with Crippen molar-refractivity contribution in [1.82, 2.24) is 5.32 Å². The second-order valence-electron chi connectivity index (χ2n) is 6.74. The second-order valence-corrected chi connectivity index (χ2v) is 7.97. The van der Waals surface area contributed by atoms with Gasteiger partial charge in [0.1, 0.15) is 0 Å². The second kappa shape index (κ2) is 4.49. The van der Waals surface area contributed by atoms with Crippen molar-refractivity contribution in [2.75, 3.05) is 6.54 Å². The zero-order chi connectivity index (χ0) is 11.9. The molecule has 0 radical (unpaired) electrons. The van der Waals surface area contributed by atoms with Gasteiger partial charge in [-0.1, -0.05) is 32.0 Å². The monoisotopic (exact) mass is 252 g/mol. The van der Waals surface area contributed by atoms with Crippen molar-refractivity contribution in [1.29, 1.82) is 0 Å². The van der Waals surface area contributed by atoms with Crippen molar-refractivity contribution in [3.63, 3.8) is 0 Å². The van der Waals surface area contributed by atoms with Crippen LogP contribution in [-0.2, 0) is 0 Å². The van der Waals surface area contributed by atoms with Gasteiger partial charge in [-0.2, -0.15) is 0 Å². The van der Waals surface area contributed by atoms with Crippen LogP contribution in [0.1, 0.15) is 52.4 Å². The van der Waals surface area contributed by atoms with E-state index < -0.39 is 0 Å². The minimum Gasteiger partial charge on any atom is -0.362 e. The number of hydrogen-bond donors (Lipinski definition) is 1. The maximum atomic E-state index is 4.69. The Hall–Kier alpha value is -0.180. The summed E-state index contributed by atoms with van der Waals surface area (Å²) in [6.07, 6.45) is 8.27. The predicted molar refractivity (Wildman–Crippen MR) is 75.6 cm³/mol. The van der Waals surface area contributed by atoms with Gasteiger partial charge in [0.25, 0.3) is 0 Å². The van der Waals surface area contributed by atoms with Crippen molar-refractivity contribution in [3.05, 3.63) is 0 Å². The third-order valence-electron chi connectivity index (χ3n) is 4.36. The van der Waals surface area contributed by atoms with Crippen LogP contribution < -0.4 is 5.32 Å². The molecule has 0 amide bonds. The quantitative estimate of drug-likeness (QED) is 0.814. The molecule has 3 aliphatic rings. The minimum atomic E-state index is 0.523. The van der Waals surface area contributed by atoms with Gasteiger partial charge in [0, 0.05) is 11.3 Å². The summed E-state index contributed by atoms with van der Waals surface area (Å²) in [5.41, 5.74) is 0.523. The van der Waals surface area contributed by atoms with Gasteiger partial charge < -0.3 is 5.32 Å². The Morgan fingerprint density at radius 2 is 2.12 bits per heavy atom. The smallest absolute Gasteiger partial charge is 0.157 e. The van der Waals surface area contributed by atoms with E-state index in [1.807, 2.05) is 11.8 Å². The molecule has 2 aliphatic carbocycles. The van der Waals surface area contributed by atoms with Crippen molar-refractivity contribution in [3.8, 4) is 0 Å². The highest BCUT2D eigenvalue weighted by Crippen LogP contribution is 2.42. The molecule has 0 saturated heterocycles. The first-order valence-electron chi connectivity index (χ1n) is 7.10. The van der Waals surface area contributed by atoms with E-state index in [9.17, 15) is 0 Å². The first kappa shape index (κ1) is 11.9. The number of amidine groups is 1. The summed E-state index contributed by atoms with van der Waals surface area (Å²) < 4.78 is 0. The first-order chi connectivity index (χ1) is 8.12. The molecule has 96 valence electrons. The Morgan fingerprint density at radius 3 is 2.82 bits per heavy atom. The Kier molecular flexibility index (Phi) is 3.14. The molecule has 3 heteroatoms. The van der Waals surface area contributed by atoms with Crippen LogP contribution >= 0.6 is 11.8 Å². The average Bonchev–Trinajstić information content (AvgIpc) is 2.99. The topological polar surface area (TPSA) is 24.4 Å². The van der Waals surface area contributed by atoms with Crippen LogP contribution in [0.4, 0.5) is 0 Å². The summed E-state index contributed by atoms with van der Waals surface area (Å²) in [5.74, 6) is 0.978. The van der Waals surface area contributed by atoms with Crippen LogP contribution in [-0.4, -0.2) is 23.0 Å². The summed E-state index contributed by atoms with van der Waals surface area (Å²) in [4.78, 5) is 4.69. The third kappa shape index (κ3) is 2.98. The molecule has 2 nitrogen and oxygen atoms in total. The van der Waals surface area contributed by atoms with Gasteiger partial charge in [-0.3, -0.25) is 4.99 Å². The SMILES string of the molecule is CC1(C)CCCC(NC2=NCC(C3CC3)S2)C1. The Bertz CT molecular complexity index is 320. The van der Waals surface area contributed by atoms with Crippen LogP contribution in [0.3, 0.4) is 0 Å². The van der Waals surface area contributed by atoms with E-state index in [1.54, 1.807) is 0 Å². The number of hydrogen-bond acceptors (Lipinski definition) is 3. The molecule has 17 heavy (non-hydrogen) atoms. The highest BCUT2D eigenvalue weighted by molar-refractivity contribution is 8.14. The van der Waals surface area contributed by atoms with Crippen molar-refractivity contribution < 1.29 is 0 Å². The Labute approximate surface area is 109 Å². The zero-order valence-electron chi connectivity index (χ0n) is 11.0. The number of nitrogens with one attached hydrogen (secondary N) is 1. The number of nitrogens with zero attached hydrogens (tertiary/aromatic N) is 1. The van der Waals surface area contributed by atoms with E-state index in [2.05, 4.69) is 24.2 Å². The highest BCUT2D eigenvalue weighted by atomic mass is 32.2. The predicted octanol–water partition coefficient (Wildman–Crippen LogP) is 3.43. The normalized spacial score (nSPS) is 36.7. The van der Waals surface area contributed by atoms with Gasteiger partial charge >= 0.3 is 0 Å². The van der Waals surface area contributed by atoms with Crippen LogP contribution in [0.25, 0.3) is 0 Å². The molecule has 0 aromatic carbocycles. The van der Waals surface area contributed by atoms with E-state index in [-0.39, 0.29) is 0 Å². The third-order valence-corrected chi connectivity index (χ3v) is 5.67. The molecule has 0 aromatic heterocycles. The van der Waals surface area contributed by atoms with Gasteiger partial charge in [-0.25, -0.2) is 0 Å². The molecule has 2 unspecified atom stereocenters. The maximum absolute atomic E-state index is 4.69. The van der Waals surface area contributed by atoms with Crippen LogP contribution in [0.2, 0.25) is 0 Å². The minimum absolute atomic E-state index is 0.523. The number of thioether (sulfide) groups is 1. The first-order valence-corrected chi connectivity index (χ1v) is 7.98. The van der Waals surface area contributed by atoms with Gasteiger partial charge in [-0.05, 0) is 43.4 Å². The van der Waals surface area contributed by atoms with Crippen molar-refractivity contribution >= 4 is 16.9 Å². The fourth-order valence-corrected chi connectivity index (χ4v) is 4.46. The molecule has 2 atom stereocenters. The molecule has 0 spiro atoms. The average molecular weight is 252 g/mol. The van der Waals surface area contributed by atoms with Crippen LogP contribution in [0.5, 0.6) is 0 Å². The van der Waals surface area contributed by atoms with Crippen LogP contribution in [0.15, 0.2) is 4.99 Å². The molecule has 0 aromatic rings. The summed E-state index contributed by atoms with van der Waals surface area (Å²) in [5, 5.41) is 5.74.